The predicted molar refractivity (Wildman–Crippen MR) is 115 cm³/mol. The van der Waals surface area contributed by atoms with Gasteiger partial charge in [0, 0.05) is 25.0 Å². The van der Waals surface area contributed by atoms with Crippen molar-refractivity contribution in [2.24, 2.45) is 0 Å². The molecule has 0 radical (unpaired) electrons. The van der Waals surface area contributed by atoms with Gasteiger partial charge in [0.05, 0.1) is 24.0 Å². The number of nitrogens with zero attached hydrogens (tertiary/aromatic N) is 2. The van der Waals surface area contributed by atoms with E-state index in [4.69, 9.17) is 9.47 Å². The van der Waals surface area contributed by atoms with Gasteiger partial charge in [-0.3, -0.25) is 4.79 Å². The van der Waals surface area contributed by atoms with Gasteiger partial charge in [0.2, 0.25) is 0 Å². The number of aromatic nitrogens is 1. The number of amides is 1. The molecule has 0 saturated carbocycles. The molecule has 5 rings (SSSR count). The molecule has 2 aromatic carbocycles. The van der Waals surface area contributed by atoms with E-state index in [0.717, 1.165) is 35.7 Å². The van der Waals surface area contributed by atoms with Gasteiger partial charge >= 0.3 is 0 Å². The average Bonchev–Trinajstić information content (AvgIpc) is 3.29. The number of benzene rings is 2. The smallest absolute Gasteiger partial charge is 0.260 e. The summed E-state index contributed by atoms with van der Waals surface area (Å²) in [5.74, 6) is 1.07. The van der Waals surface area contributed by atoms with E-state index in [-0.39, 0.29) is 23.9 Å². The minimum Gasteiger partial charge on any atom is -0.497 e. The highest BCUT2D eigenvalue weighted by Gasteiger charge is 2.42. The first-order chi connectivity index (χ1) is 15.1. The minimum atomic E-state index is -0.322. The maximum Gasteiger partial charge on any atom is 0.260 e. The molecule has 1 fully saturated rings. The van der Waals surface area contributed by atoms with Crippen LogP contribution in [0.2, 0.25) is 0 Å². The summed E-state index contributed by atoms with van der Waals surface area (Å²) in [7, 11) is 1.61. The largest absolute Gasteiger partial charge is 0.497 e. The fraction of sp³-hybridized carbons (Fsp3) is 0.292. The number of nitrogens with one attached hydrogen (secondary N) is 1. The number of methoxy groups -OCH3 is 1. The highest BCUT2D eigenvalue weighted by atomic mass is 19.1. The van der Waals surface area contributed by atoms with E-state index in [1.54, 1.807) is 43.5 Å². The van der Waals surface area contributed by atoms with E-state index < -0.39 is 0 Å². The summed E-state index contributed by atoms with van der Waals surface area (Å²) >= 11 is 0. The van der Waals surface area contributed by atoms with Crippen LogP contribution >= 0.6 is 0 Å². The zero-order valence-corrected chi connectivity index (χ0v) is 17.3. The molecule has 7 heteroatoms. The second-order valence-electron chi connectivity index (χ2n) is 7.98. The summed E-state index contributed by atoms with van der Waals surface area (Å²) in [4.78, 5) is 14.5. The number of rotatable bonds is 4. The van der Waals surface area contributed by atoms with Crippen LogP contribution in [0.4, 0.5) is 10.1 Å². The Morgan fingerprint density at radius 2 is 1.84 bits per heavy atom. The van der Waals surface area contributed by atoms with Crippen molar-refractivity contribution >= 4 is 11.6 Å². The number of carbonyl (C=O) groups is 1. The van der Waals surface area contributed by atoms with E-state index in [0.29, 0.717) is 18.8 Å². The molecule has 3 aromatic rings. The van der Waals surface area contributed by atoms with E-state index >= 15 is 0 Å². The van der Waals surface area contributed by atoms with E-state index in [1.165, 1.54) is 6.07 Å². The second-order valence-corrected chi connectivity index (χ2v) is 7.98. The summed E-state index contributed by atoms with van der Waals surface area (Å²) < 4.78 is 26.8. The van der Waals surface area contributed by atoms with Crippen molar-refractivity contribution in [2.45, 2.75) is 18.4 Å². The Bertz CT molecular complexity index is 1100. The lowest BCUT2D eigenvalue weighted by atomic mass is 9.82. The monoisotopic (exact) mass is 421 g/mol. The molecule has 0 bridgehead atoms. The maximum absolute atomic E-state index is 13.9. The highest BCUT2D eigenvalue weighted by molar-refractivity contribution is 5.78. The lowest BCUT2D eigenvalue weighted by Gasteiger charge is -2.46. The van der Waals surface area contributed by atoms with Crippen LogP contribution in [0.15, 0.2) is 60.8 Å². The van der Waals surface area contributed by atoms with E-state index in [2.05, 4.69) is 16.0 Å². The lowest BCUT2D eigenvalue weighted by Crippen LogP contribution is -2.51. The first-order valence-corrected chi connectivity index (χ1v) is 10.4. The van der Waals surface area contributed by atoms with Gasteiger partial charge in [-0.2, -0.15) is 0 Å². The summed E-state index contributed by atoms with van der Waals surface area (Å²) in [6, 6.07) is 16.1. The molecule has 160 valence electrons. The SMILES string of the molecule is COc1ccc(OCC(=O)N2CCC3(CC2)Nc2cc(F)ccc2-n2cccc23)cc1. The third-order valence-electron chi connectivity index (χ3n) is 6.22. The zero-order chi connectivity index (χ0) is 21.4. The Morgan fingerprint density at radius 3 is 2.58 bits per heavy atom. The third kappa shape index (κ3) is 3.50. The molecular formula is C24H24FN3O3. The first-order valence-electron chi connectivity index (χ1n) is 10.4. The van der Waals surface area contributed by atoms with Crippen LogP contribution in [-0.2, 0) is 10.3 Å². The molecule has 0 aliphatic carbocycles. The van der Waals surface area contributed by atoms with E-state index in [9.17, 15) is 9.18 Å². The predicted octanol–water partition coefficient (Wildman–Crippen LogP) is 3.95. The molecule has 6 nitrogen and oxygen atoms in total. The van der Waals surface area contributed by atoms with Crippen molar-refractivity contribution in [2.75, 3.05) is 32.1 Å². The van der Waals surface area contributed by atoms with Crippen molar-refractivity contribution in [1.82, 2.24) is 9.47 Å². The maximum atomic E-state index is 13.9. The van der Waals surface area contributed by atoms with Crippen LogP contribution in [0.3, 0.4) is 0 Å². The Labute approximate surface area is 180 Å². The van der Waals surface area contributed by atoms with Crippen LogP contribution in [-0.4, -0.2) is 42.2 Å². The molecule has 3 heterocycles. The number of hydrogen-bond donors (Lipinski definition) is 1. The zero-order valence-electron chi connectivity index (χ0n) is 17.3. The van der Waals surface area contributed by atoms with Crippen LogP contribution < -0.4 is 14.8 Å². The van der Waals surface area contributed by atoms with Gasteiger partial charge < -0.3 is 24.3 Å². The van der Waals surface area contributed by atoms with Gasteiger partial charge in [-0.05, 0) is 67.4 Å². The Hall–Kier alpha value is -3.48. The van der Waals surface area contributed by atoms with Crippen molar-refractivity contribution in [3.8, 4) is 17.2 Å². The van der Waals surface area contributed by atoms with Gasteiger partial charge in [0.1, 0.15) is 17.3 Å². The van der Waals surface area contributed by atoms with Gasteiger partial charge in [-0.15, -0.1) is 0 Å². The van der Waals surface area contributed by atoms with Gasteiger partial charge in [-0.25, -0.2) is 4.39 Å². The standard InChI is InChI=1S/C24H24FN3O3/c1-30-18-5-7-19(8-6-18)31-16-23(29)27-13-10-24(11-14-27)22-3-2-12-28(22)21-9-4-17(25)15-20(21)26-24/h2-9,12,15,26H,10-11,13-14,16H2,1H3. The molecule has 0 unspecified atom stereocenters. The molecule has 1 aromatic heterocycles. The molecule has 1 spiro atoms. The number of fused-ring (bicyclic) bond motifs is 4. The average molecular weight is 421 g/mol. The molecule has 1 N–H and O–H groups in total. The molecule has 2 aliphatic rings. The Kier molecular flexibility index (Phi) is 4.81. The number of ether oxygens (including phenoxy) is 2. The van der Waals surface area contributed by atoms with Gasteiger partial charge in [-0.1, -0.05) is 0 Å². The summed E-state index contributed by atoms with van der Waals surface area (Å²) in [6.07, 6.45) is 3.48. The number of hydrogen-bond acceptors (Lipinski definition) is 4. The van der Waals surface area contributed by atoms with Gasteiger partial charge in [0.15, 0.2) is 6.61 Å². The lowest BCUT2D eigenvalue weighted by molar-refractivity contribution is -0.134. The van der Waals surface area contributed by atoms with Crippen LogP contribution in [0.5, 0.6) is 11.5 Å². The quantitative estimate of drug-likeness (QED) is 0.693. The highest BCUT2D eigenvalue weighted by Crippen LogP contribution is 2.43. The molecular weight excluding hydrogens is 397 g/mol. The normalized spacial score (nSPS) is 16.3. The fourth-order valence-electron chi connectivity index (χ4n) is 4.55. The fourth-order valence-corrected chi connectivity index (χ4v) is 4.55. The minimum absolute atomic E-state index is 0.00280. The van der Waals surface area contributed by atoms with E-state index in [1.807, 2.05) is 17.2 Å². The van der Waals surface area contributed by atoms with Crippen LogP contribution in [0.1, 0.15) is 18.5 Å². The van der Waals surface area contributed by atoms with Gasteiger partial charge in [0.25, 0.3) is 5.91 Å². The Morgan fingerprint density at radius 1 is 1.10 bits per heavy atom. The molecule has 1 amide bonds. The van der Waals surface area contributed by atoms with Crippen molar-refractivity contribution in [3.63, 3.8) is 0 Å². The van der Waals surface area contributed by atoms with Crippen molar-refractivity contribution in [1.29, 1.82) is 0 Å². The van der Waals surface area contributed by atoms with Crippen molar-refractivity contribution < 1.29 is 18.7 Å². The van der Waals surface area contributed by atoms with Crippen LogP contribution in [0.25, 0.3) is 5.69 Å². The number of likely N-dealkylation sites (tertiary alicyclic amines) is 1. The topological polar surface area (TPSA) is 55.7 Å². The molecule has 1 saturated heterocycles. The number of anilines is 1. The molecule has 2 aliphatic heterocycles. The third-order valence-corrected chi connectivity index (χ3v) is 6.22. The molecule has 0 atom stereocenters. The number of halogens is 1. The molecule has 31 heavy (non-hydrogen) atoms. The van der Waals surface area contributed by atoms with Crippen LogP contribution in [0, 0.1) is 5.82 Å². The Balaban J connectivity index is 1.26. The van der Waals surface area contributed by atoms with Crippen molar-refractivity contribution in [3.05, 3.63) is 72.3 Å². The first kappa shape index (κ1) is 19.5. The second kappa shape index (κ2) is 7.65. The summed E-state index contributed by atoms with van der Waals surface area (Å²) in [6.45, 7) is 1.21. The summed E-state index contributed by atoms with van der Waals surface area (Å²) in [5, 5.41) is 3.58. The number of carbonyl (C=O) groups excluding carboxylic acids is 1. The number of piperidine rings is 1. The summed E-state index contributed by atoms with van der Waals surface area (Å²) in [5.41, 5.74) is 2.55.